The number of nitrogens with zero attached hydrogens (tertiary/aromatic N) is 3. The minimum Gasteiger partial charge on any atom is -0.493 e. The van der Waals surface area contributed by atoms with Gasteiger partial charge in [0.2, 0.25) is 0 Å². The molecule has 146 valence electrons. The number of rotatable bonds is 4. The van der Waals surface area contributed by atoms with E-state index in [0.29, 0.717) is 18.0 Å². The number of hydrogen-bond donors (Lipinski definition) is 1. The van der Waals surface area contributed by atoms with Crippen LogP contribution in [0.2, 0.25) is 0 Å². The van der Waals surface area contributed by atoms with Crippen LogP contribution < -0.4 is 19.7 Å². The molecule has 0 spiro atoms. The minimum absolute atomic E-state index is 0.183. The van der Waals surface area contributed by atoms with Gasteiger partial charge in [-0.15, -0.1) is 0 Å². The zero-order chi connectivity index (χ0) is 19.6. The Kier molecular flexibility index (Phi) is 5.25. The lowest BCUT2D eigenvalue weighted by Gasteiger charge is -2.22. The second-order valence-electron chi connectivity index (χ2n) is 7.56. The average molecular weight is 374 g/mol. The third kappa shape index (κ3) is 4.32. The maximum atomic E-state index is 12.0. The van der Waals surface area contributed by atoms with E-state index in [-0.39, 0.29) is 11.6 Å². The Labute approximate surface area is 158 Å². The van der Waals surface area contributed by atoms with Crippen LogP contribution in [0.4, 0.5) is 10.6 Å². The van der Waals surface area contributed by atoms with Crippen molar-refractivity contribution in [3.8, 4) is 11.5 Å². The molecule has 27 heavy (non-hydrogen) atoms. The van der Waals surface area contributed by atoms with Crippen LogP contribution in [0.25, 0.3) is 10.9 Å². The Morgan fingerprint density at radius 2 is 1.89 bits per heavy atom. The van der Waals surface area contributed by atoms with E-state index in [0.717, 1.165) is 29.7 Å². The highest BCUT2D eigenvalue weighted by molar-refractivity contribution is 5.92. The van der Waals surface area contributed by atoms with Crippen molar-refractivity contribution in [1.82, 2.24) is 15.3 Å². The van der Waals surface area contributed by atoms with Gasteiger partial charge in [0.05, 0.1) is 26.3 Å². The fraction of sp³-hybridized carbons (Fsp3) is 0.526. The third-order valence-electron chi connectivity index (χ3n) is 4.31. The van der Waals surface area contributed by atoms with Gasteiger partial charge in [0, 0.05) is 30.0 Å². The Hall–Kier alpha value is -2.77. The third-order valence-corrected chi connectivity index (χ3v) is 4.31. The summed E-state index contributed by atoms with van der Waals surface area (Å²) in [7, 11) is 3.19. The summed E-state index contributed by atoms with van der Waals surface area (Å²) in [6, 6.07) is 3.71. The molecule has 1 atom stereocenters. The topological polar surface area (TPSA) is 85.8 Å². The monoisotopic (exact) mass is 374 g/mol. The number of nitrogens with one attached hydrogen (secondary N) is 1. The molecule has 1 aliphatic heterocycles. The second kappa shape index (κ2) is 7.46. The molecule has 1 aromatic carbocycles. The Balaban J connectivity index is 1.79. The average Bonchev–Trinajstić information content (AvgIpc) is 3.06. The van der Waals surface area contributed by atoms with Crippen LogP contribution in [0, 0.1) is 0 Å². The van der Waals surface area contributed by atoms with Crippen LogP contribution in [-0.4, -0.2) is 55.0 Å². The van der Waals surface area contributed by atoms with Crippen molar-refractivity contribution in [3.63, 3.8) is 0 Å². The SMILES string of the molecule is COc1cc2ncnc(N3CCC(OC(=O)NC(C)(C)C)C3)c2cc1OC. The molecule has 0 bridgehead atoms. The Morgan fingerprint density at radius 3 is 2.56 bits per heavy atom. The van der Waals surface area contributed by atoms with Crippen LogP contribution in [-0.2, 0) is 4.74 Å². The van der Waals surface area contributed by atoms with Crippen molar-refractivity contribution in [2.75, 3.05) is 32.2 Å². The van der Waals surface area contributed by atoms with E-state index in [9.17, 15) is 4.79 Å². The first-order chi connectivity index (χ1) is 12.8. The van der Waals surface area contributed by atoms with Crippen LogP contribution in [0.5, 0.6) is 11.5 Å². The molecule has 1 amide bonds. The fourth-order valence-corrected chi connectivity index (χ4v) is 3.13. The molecule has 8 nitrogen and oxygen atoms in total. The van der Waals surface area contributed by atoms with Crippen molar-refractivity contribution in [3.05, 3.63) is 18.5 Å². The fourth-order valence-electron chi connectivity index (χ4n) is 3.13. The standard InChI is InChI=1S/C19H26N4O4/c1-19(2,3)22-18(24)27-12-6-7-23(10-12)17-13-8-15(25-4)16(26-5)9-14(13)20-11-21-17/h8-9,11-12H,6-7,10H2,1-5H3,(H,22,24). The van der Waals surface area contributed by atoms with Crippen LogP contribution in [0.15, 0.2) is 18.5 Å². The normalized spacial score (nSPS) is 17.1. The van der Waals surface area contributed by atoms with E-state index in [1.165, 1.54) is 6.33 Å². The number of methoxy groups -OCH3 is 2. The van der Waals surface area contributed by atoms with Crippen LogP contribution in [0.3, 0.4) is 0 Å². The Morgan fingerprint density at radius 1 is 1.19 bits per heavy atom. The molecule has 3 rings (SSSR count). The van der Waals surface area contributed by atoms with Gasteiger partial charge in [0.15, 0.2) is 11.5 Å². The number of fused-ring (bicyclic) bond motifs is 1. The highest BCUT2D eigenvalue weighted by Gasteiger charge is 2.29. The van der Waals surface area contributed by atoms with Gasteiger partial charge in [0.1, 0.15) is 18.2 Å². The number of carbonyl (C=O) groups excluding carboxylic acids is 1. The molecular formula is C19H26N4O4. The summed E-state index contributed by atoms with van der Waals surface area (Å²) in [5, 5.41) is 3.69. The molecule has 1 fully saturated rings. The van der Waals surface area contributed by atoms with E-state index < -0.39 is 6.09 Å². The van der Waals surface area contributed by atoms with Crippen molar-refractivity contribution >= 4 is 22.8 Å². The lowest BCUT2D eigenvalue weighted by molar-refractivity contribution is 0.101. The smallest absolute Gasteiger partial charge is 0.407 e. The van der Waals surface area contributed by atoms with Gasteiger partial charge in [-0.05, 0) is 26.8 Å². The minimum atomic E-state index is -0.395. The number of anilines is 1. The van der Waals surface area contributed by atoms with Gasteiger partial charge in [-0.25, -0.2) is 14.8 Å². The predicted molar refractivity (Wildman–Crippen MR) is 103 cm³/mol. The van der Waals surface area contributed by atoms with Gasteiger partial charge in [-0.3, -0.25) is 0 Å². The predicted octanol–water partition coefficient (Wildman–Crippen LogP) is 2.75. The van der Waals surface area contributed by atoms with Gasteiger partial charge < -0.3 is 24.4 Å². The molecule has 1 N–H and O–H groups in total. The van der Waals surface area contributed by atoms with Crippen molar-refractivity contribution < 1.29 is 19.0 Å². The zero-order valence-corrected chi connectivity index (χ0v) is 16.4. The molecule has 1 unspecified atom stereocenters. The van der Waals surface area contributed by atoms with E-state index in [2.05, 4.69) is 20.2 Å². The number of carbonyl (C=O) groups is 1. The molecular weight excluding hydrogens is 348 g/mol. The molecule has 1 saturated heterocycles. The number of alkyl carbamates (subject to hydrolysis) is 1. The largest absolute Gasteiger partial charge is 0.493 e. The van der Waals surface area contributed by atoms with E-state index in [1.54, 1.807) is 14.2 Å². The summed E-state index contributed by atoms with van der Waals surface area (Å²) in [5.41, 5.74) is 0.445. The van der Waals surface area contributed by atoms with Crippen molar-refractivity contribution in [1.29, 1.82) is 0 Å². The van der Waals surface area contributed by atoms with Crippen molar-refractivity contribution in [2.24, 2.45) is 0 Å². The molecule has 0 aliphatic carbocycles. The quantitative estimate of drug-likeness (QED) is 0.880. The number of ether oxygens (including phenoxy) is 3. The molecule has 0 radical (unpaired) electrons. The molecule has 8 heteroatoms. The summed E-state index contributed by atoms with van der Waals surface area (Å²) < 4.78 is 16.3. The van der Waals surface area contributed by atoms with Crippen LogP contribution in [0.1, 0.15) is 27.2 Å². The second-order valence-corrected chi connectivity index (χ2v) is 7.56. The summed E-state index contributed by atoms with van der Waals surface area (Å²) in [6.07, 6.45) is 1.70. The van der Waals surface area contributed by atoms with Crippen molar-refractivity contribution in [2.45, 2.75) is 38.8 Å². The molecule has 2 heterocycles. The first-order valence-electron chi connectivity index (χ1n) is 8.91. The maximum absolute atomic E-state index is 12.0. The summed E-state index contributed by atoms with van der Waals surface area (Å²) >= 11 is 0. The number of aromatic nitrogens is 2. The first-order valence-corrected chi connectivity index (χ1v) is 8.91. The van der Waals surface area contributed by atoms with Gasteiger partial charge in [-0.1, -0.05) is 0 Å². The number of amides is 1. The van der Waals surface area contributed by atoms with Gasteiger partial charge >= 0.3 is 6.09 Å². The zero-order valence-electron chi connectivity index (χ0n) is 16.4. The molecule has 1 aromatic heterocycles. The molecule has 2 aromatic rings. The van der Waals surface area contributed by atoms with E-state index in [1.807, 2.05) is 32.9 Å². The van der Waals surface area contributed by atoms with Crippen LogP contribution >= 0.6 is 0 Å². The van der Waals surface area contributed by atoms with E-state index in [4.69, 9.17) is 14.2 Å². The highest BCUT2D eigenvalue weighted by Crippen LogP contribution is 2.35. The number of benzene rings is 1. The Bertz CT molecular complexity index is 834. The summed E-state index contributed by atoms with van der Waals surface area (Å²) in [4.78, 5) is 22.9. The lowest BCUT2D eigenvalue weighted by Crippen LogP contribution is -2.42. The molecule has 1 aliphatic rings. The number of hydrogen-bond acceptors (Lipinski definition) is 7. The maximum Gasteiger partial charge on any atom is 0.407 e. The molecule has 0 saturated carbocycles. The summed E-state index contributed by atoms with van der Waals surface area (Å²) in [5.74, 6) is 2.04. The summed E-state index contributed by atoms with van der Waals surface area (Å²) in [6.45, 7) is 7.09. The highest BCUT2D eigenvalue weighted by atomic mass is 16.6. The lowest BCUT2D eigenvalue weighted by atomic mass is 10.1. The van der Waals surface area contributed by atoms with Gasteiger partial charge in [-0.2, -0.15) is 0 Å². The van der Waals surface area contributed by atoms with Gasteiger partial charge in [0.25, 0.3) is 0 Å². The van der Waals surface area contributed by atoms with E-state index >= 15 is 0 Å². The first kappa shape index (κ1) is 19.0.